The van der Waals surface area contributed by atoms with Crippen LogP contribution in [0.3, 0.4) is 0 Å². The highest BCUT2D eigenvalue weighted by molar-refractivity contribution is 9.10. The fourth-order valence-electron chi connectivity index (χ4n) is 1.30. The van der Waals surface area contributed by atoms with Crippen molar-refractivity contribution >= 4 is 28.3 Å². The molecule has 0 aliphatic heterocycles. The Morgan fingerprint density at radius 1 is 1.35 bits per heavy atom. The minimum atomic E-state index is -4.62. The zero-order chi connectivity index (χ0) is 12.5. The Labute approximate surface area is 110 Å². The second-order valence-electron chi connectivity index (χ2n) is 3.14. The molecule has 0 saturated carbocycles. The molecular formula is C9H10BrClF3NO2. The first-order valence-corrected chi connectivity index (χ1v) is 5.03. The molecular weight excluding hydrogens is 326 g/mol. The molecule has 98 valence electrons. The minimum Gasteiger partial charge on any atom is -0.506 e. The highest BCUT2D eigenvalue weighted by Crippen LogP contribution is 2.41. The van der Waals surface area contributed by atoms with Crippen molar-refractivity contribution in [2.24, 2.45) is 5.73 Å². The van der Waals surface area contributed by atoms with E-state index in [1.54, 1.807) is 0 Å². The molecule has 1 atom stereocenters. The van der Waals surface area contributed by atoms with E-state index >= 15 is 0 Å². The highest BCUT2D eigenvalue weighted by atomic mass is 79.9. The number of halogens is 5. The van der Waals surface area contributed by atoms with Gasteiger partial charge >= 0.3 is 6.18 Å². The summed E-state index contributed by atoms with van der Waals surface area (Å²) in [5, 5.41) is 18.3. The lowest BCUT2D eigenvalue weighted by molar-refractivity contribution is -0.138. The van der Waals surface area contributed by atoms with Crippen molar-refractivity contribution in [3.05, 3.63) is 27.7 Å². The Morgan fingerprint density at radius 3 is 2.29 bits per heavy atom. The first-order chi connectivity index (χ1) is 7.29. The van der Waals surface area contributed by atoms with Gasteiger partial charge in [-0.2, -0.15) is 13.2 Å². The van der Waals surface area contributed by atoms with Crippen LogP contribution in [0.1, 0.15) is 17.2 Å². The molecule has 0 amide bonds. The molecule has 0 heterocycles. The van der Waals surface area contributed by atoms with Crippen molar-refractivity contribution in [2.75, 3.05) is 6.61 Å². The van der Waals surface area contributed by atoms with E-state index in [0.29, 0.717) is 0 Å². The number of benzene rings is 1. The third-order valence-electron chi connectivity index (χ3n) is 2.04. The van der Waals surface area contributed by atoms with Crippen LogP contribution in [0.4, 0.5) is 13.2 Å². The largest absolute Gasteiger partial charge is 0.506 e. The van der Waals surface area contributed by atoms with E-state index in [-0.39, 0.29) is 16.9 Å². The zero-order valence-electron chi connectivity index (χ0n) is 8.33. The van der Waals surface area contributed by atoms with Crippen LogP contribution < -0.4 is 5.73 Å². The van der Waals surface area contributed by atoms with Gasteiger partial charge in [0.05, 0.1) is 22.7 Å². The molecule has 0 radical (unpaired) electrons. The molecule has 0 aromatic heterocycles. The number of nitrogens with two attached hydrogens (primary N) is 1. The standard InChI is InChI=1S/C9H9BrF3NO2.ClH/c10-5-2-1-4(9(11,12)13)7(8(5)16)6(14)3-15;/h1-2,6,15-16H,3,14H2;1H/t6-;/m0./s1. The normalized spacial score (nSPS) is 13.1. The SMILES string of the molecule is Cl.N[C@@H](CO)c1c(C(F)(F)F)ccc(Br)c1O. The average molecular weight is 337 g/mol. The van der Waals surface area contributed by atoms with Crippen LogP contribution in [0.2, 0.25) is 0 Å². The summed E-state index contributed by atoms with van der Waals surface area (Å²) in [6, 6.07) is 0.592. The Bertz CT molecular complexity index is 401. The number of phenolic OH excluding ortho intramolecular Hbond substituents is 1. The molecule has 1 aromatic carbocycles. The van der Waals surface area contributed by atoms with Crippen molar-refractivity contribution < 1.29 is 23.4 Å². The van der Waals surface area contributed by atoms with E-state index in [9.17, 15) is 18.3 Å². The molecule has 17 heavy (non-hydrogen) atoms. The predicted octanol–water partition coefficient (Wildman–Crippen LogP) is 2.59. The summed E-state index contributed by atoms with van der Waals surface area (Å²) in [7, 11) is 0. The van der Waals surface area contributed by atoms with E-state index in [1.807, 2.05) is 0 Å². The Morgan fingerprint density at radius 2 is 1.88 bits per heavy atom. The van der Waals surface area contributed by atoms with Crippen LogP contribution in [-0.4, -0.2) is 16.8 Å². The summed E-state index contributed by atoms with van der Waals surface area (Å²) in [6.45, 7) is -0.687. The molecule has 1 aromatic rings. The number of hydrogen-bond donors (Lipinski definition) is 3. The molecule has 0 aliphatic rings. The van der Waals surface area contributed by atoms with E-state index < -0.39 is 35.7 Å². The van der Waals surface area contributed by atoms with Gasteiger partial charge in [0.25, 0.3) is 0 Å². The molecule has 0 aliphatic carbocycles. The van der Waals surface area contributed by atoms with Crippen molar-refractivity contribution in [3.8, 4) is 5.75 Å². The van der Waals surface area contributed by atoms with Gasteiger partial charge in [-0.3, -0.25) is 0 Å². The first-order valence-electron chi connectivity index (χ1n) is 4.24. The van der Waals surface area contributed by atoms with Gasteiger partial charge in [-0.1, -0.05) is 0 Å². The second-order valence-corrected chi connectivity index (χ2v) is 4.00. The number of hydrogen-bond acceptors (Lipinski definition) is 3. The van der Waals surface area contributed by atoms with Gasteiger partial charge in [0.15, 0.2) is 0 Å². The number of aliphatic hydroxyl groups excluding tert-OH is 1. The summed E-state index contributed by atoms with van der Waals surface area (Å²) in [6.07, 6.45) is -4.62. The summed E-state index contributed by atoms with van der Waals surface area (Å²) in [4.78, 5) is 0. The van der Waals surface area contributed by atoms with Crippen LogP contribution in [0.15, 0.2) is 16.6 Å². The predicted molar refractivity (Wildman–Crippen MR) is 62.1 cm³/mol. The van der Waals surface area contributed by atoms with E-state index in [1.165, 1.54) is 0 Å². The maximum Gasteiger partial charge on any atom is 0.416 e. The molecule has 4 N–H and O–H groups in total. The van der Waals surface area contributed by atoms with Gasteiger partial charge < -0.3 is 15.9 Å². The maximum absolute atomic E-state index is 12.6. The van der Waals surface area contributed by atoms with Gasteiger partial charge in [-0.05, 0) is 28.1 Å². The lowest BCUT2D eigenvalue weighted by atomic mass is 10.00. The van der Waals surface area contributed by atoms with Crippen LogP contribution in [0.25, 0.3) is 0 Å². The minimum absolute atomic E-state index is 0. The van der Waals surface area contributed by atoms with Gasteiger partial charge in [-0.25, -0.2) is 0 Å². The lowest BCUT2D eigenvalue weighted by Gasteiger charge is -2.18. The van der Waals surface area contributed by atoms with Crippen LogP contribution in [0.5, 0.6) is 5.75 Å². The molecule has 8 heteroatoms. The van der Waals surface area contributed by atoms with E-state index in [0.717, 1.165) is 12.1 Å². The smallest absolute Gasteiger partial charge is 0.416 e. The van der Waals surface area contributed by atoms with Gasteiger partial charge in [0.2, 0.25) is 0 Å². The van der Waals surface area contributed by atoms with Crippen molar-refractivity contribution in [2.45, 2.75) is 12.2 Å². The first kappa shape index (κ1) is 16.5. The van der Waals surface area contributed by atoms with E-state index in [4.69, 9.17) is 10.8 Å². The number of aromatic hydroxyl groups is 1. The highest BCUT2D eigenvalue weighted by Gasteiger charge is 2.36. The van der Waals surface area contributed by atoms with Gasteiger partial charge in [-0.15, -0.1) is 12.4 Å². The average Bonchev–Trinajstić information content (AvgIpc) is 2.19. The van der Waals surface area contributed by atoms with Crippen LogP contribution in [-0.2, 0) is 6.18 Å². The quantitative estimate of drug-likeness (QED) is 0.778. The van der Waals surface area contributed by atoms with Crippen molar-refractivity contribution in [1.29, 1.82) is 0 Å². The molecule has 0 spiro atoms. The number of rotatable bonds is 2. The fourth-order valence-corrected chi connectivity index (χ4v) is 1.64. The third kappa shape index (κ3) is 3.48. The maximum atomic E-state index is 12.6. The molecule has 1 rings (SSSR count). The summed E-state index contributed by atoms with van der Waals surface area (Å²) >= 11 is 2.89. The summed E-state index contributed by atoms with van der Waals surface area (Å²) in [5.74, 6) is -0.601. The summed E-state index contributed by atoms with van der Waals surface area (Å²) in [5.41, 5.74) is 3.77. The van der Waals surface area contributed by atoms with E-state index in [2.05, 4.69) is 15.9 Å². The number of alkyl halides is 3. The Kier molecular flexibility index (Phi) is 5.73. The second kappa shape index (κ2) is 5.90. The van der Waals surface area contributed by atoms with Crippen molar-refractivity contribution in [3.63, 3.8) is 0 Å². The molecule has 0 fully saturated rings. The molecule has 3 nitrogen and oxygen atoms in total. The lowest BCUT2D eigenvalue weighted by Crippen LogP contribution is -2.20. The monoisotopic (exact) mass is 335 g/mol. The van der Waals surface area contributed by atoms with Crippen LogP contribution >= 0.6 is 28.3 Å². The Hall–Kier alpha value is -0.500. The zero-order valence-corrected chi connectivity index (χ0v) is 10.7. The number of phenols is 1. The third-order valence-corrected chi connectivity index (χ3v) is 2.68. The van der Waals surface area contributed by atoms with Gasteiger partial charge in [0.1, 0.15) is 5.75 Å². The van der Waals surface area contributed by atoms with Crippen LogP contribution in [0, 0.1) is 0 Å². The van der Waals surface area contributed by atoms with Gasteiger partial charge in [0, 0.05) is 5.56 Å². The fraction of sp³-hybridized carbons (Fsp3) is 0.333. The Balaban J connectivity index is 0.00000256. The molecule has 0 saturated heterocycles. The molecule has 0 unspecified atom stereocenters. The number of aliphatic hydroxyl groups is 1. The van der Waals surface area contributed by atoms with Crippen molar-refractivity contribution in [1.82, 2.24) is 0 Å². The topological polar surface area (TPSA) is 66.5 Å². The molecule has 0 bridgehead atoms. The summed E-state index contributed by atoms with van der Waals surface area (Å²) < 4.78 is 37.9.